The van der Waals surface area contributed by atoms with Crippen LogP contribution in [0.4, 0.5) is 10.1 Å². The highest BCUT2D eigenvalue weighted by Gasteiger charge is 2.54. The quantitative estimate of drug-likeness (QED) is 0.593. The largest absolute Gasteiger partial charge is 0.460 e. The summed E-state index contributed by atoms with van der Waals surface area (Å²) in [6.45, 7) is 6.07. The number of nitrogens with zero attached hydrogens (tertiary/aromatic N) is 1. The van der Waals surface area contributed by atoms with Crippen molar-refractivity contribution < 1.29 is 23.4 Å². The zero-order valence-electron chi connectivity index (χ0n) is 16.7. The highest BCUT2D eigenvalue weighted by atomic mass is 32.2. The molecule has 154 valence electrons. The number of carbonyl (C=O) groups excluding carboxylic acids is 1. The van der Waals surface area contributed by atoms with Gasteiger partial charge in [0.2, 0.25) is 0 Å². The Balaban J connectivity index is 1.97. The van der Waals surface area contributed by atoms with Crippen molar-refractivity contribution in [2.24, 2.45) is 10.9 Å². The molecule has 1 saturated heterocycles. The van der Waals surface area contributed by atoms with E-state index in [0.717, 1.165) is 0 Å². The molecule has 0 aliphatic carbocycles. The smallest absolute Gasteiger partial charge is 0.312 e. The summed E-state index contributed by atoms with van der Waals surface area (Å²) in [7, 11) is 1.61. The number of anilines is 1. The number of thioether (sulfide) groups is 1. The van der Waals surface area contributed by atoms with Gasteiger partial charge in [-0.05, 0) is 39.0 Å². The van der Waals surface area contributed by atoms with Gasteiger partial charge in [-0.25, -0.2) is 4.39 Å². The summed E-state index contributed by atoms with van der Waals surface area (Å²) in [6.07, 6.45) is -0.153. The van der Waals surface area contributed by atoms with Gasteiger partial charge < -0.3 is 19.9 Å². The number of nitrogen functional groups attached to an aromatic ring is 1. The van der Waals surface area contributed by atoms with E-state index in [1.54, 1.807) is 13.2 Å². The fraction of sp³-hybridized carbons (Fsp3) is 0.600. The first-order chi connectivity index (χ1) is 13.1. The van der Waals surface area contributed by atoms with Crippen molar-refractivity contribution in [3.63, 3.8) is 0 Å². The molecule has 3 atom stereocenters. The molecule has 1 fully saturated rings. The van der Waals surface area contributed by atoms with Crippen LogP contribution >= 0.6 is 11.8 Å². The molecule has 2 N–H and O–H groups in total. The van der Waals surface area contributed by atoms with Crippen LogP contribution in [0.15, 0.2) is 23.2 Å². The summed E-state index contributed by atoms with van der Waals surface area (Å²) >= 11 is 1.49. The highest BCUT2D eigenvalue weighted by Crippen LogP contribution is 2.49. The van der Waals surface area contributed by atoms with Crippen LogP contribution in [0.1, 0.15) is 32.8 Å². The number of aliphatic imine (C=N–C) groups is 1. The zero-order valence-corrected chi connectivity index (χ0v) is 17.5. The average molecular weight is 411 g/mol. The molecule has 1 aromatic carbocycles. The van der Waals surface area contributed by atoms with Crippen molar-refractivity contribution in [2.75, 3.05) is 31.8 Å². The minimum Gasteiger partial charge on any atom is -0.460 e. The third-order valence-corrected chi connectivity index (χ3v) is 5.93. The molecule has 2 heterocycles. The lowest BCUT2D eigenvalue weighted by atomic mass is 9.78. The molecule has 0 amide bonds. The van der Waals surface area contributed by atoms with Gasteiger partial charge >= 0.3 is 5.97 Å². The maximum Gasteiger partial charge on any atom is 0.312 e. The second-order valence-electron chi connectivity index (χ2n) is 8.15. The van der Waals surface area contributed by atoms with Crippen LogP contribution in [0.3, 0.4) is 0 Å². The number of methoxy groups -OCH3 is 1. The number of hydrogen-bond donors (Lipinski definition) is 1. The first-order valence-electron chi connectivity index (χ1n) is 9.24. The number of benzene rings is 1. The molecule has 0 aromatic heterocycles. The number of carbonyl (C=O) groups is 1. The number of esters is 1. The van der Waals surface area contributed by atoms with Crippen LogP contribution in [-0.2, 0) is 24.5 Å². The van der Waals surface area contributed by atoms with Crippen molar-refractivity contribution in [3.8, 4) is 0 Å². The van der Waals surface area contributed by atoms with Crippen molar-refractivity contribution in [3.05, 3.63) is 29.6 Å². The molecule has 0 unspecified atom stereocenters. The summed E-state index contributed by atoms with van der Waals surface area (Å²) in [5, 5.41) is 0.619. The first-order valence-corrected chi connectivity index (χ1v) is 10.2. The molecule has 0 radical (unpaired) electrons. The number of nitrogens with two attached hydrogens (primary N) is 1. The number of rotatable bonds is 5. The van der Waals surface area contributed by atoms with Gasteiger partial charge in [0.05, 0.1) is 30.8 Å². The summed E-state index contributed by atoms with van der Waals surface area (Å²) in [6, 6.07) is 4.49. The van der Waals surface area contributed by atoms with Gasteiger partial charge in [0.25, 0.3) is 0 Å². The number of ether oxygens (including phenoxy) is 3. The van der Waals surface area contributed by atoms with E-state index in [1.165, 1.54) is 23.9 Å². The first kappa shape index (κ1) is 21.1. The molecule has 6 nitrogen and oxygen atoms in total. The summed E-state index contributed by atoms with van der Waals surface area (Å²) < 4.78 is 31.5. The van der Waals surface area contributed by atoms with E-state index in [4.69, 9.17) is 24.9 Å². The van der Waals surface area contributed by atoms with E-state index in [1.807, 2.05) is 20.8 Å². The lowest BCUT2D eigenvalue weighted by Gasteiger charge is -2.36. The van der Waals surface area contributed by atoms with Crippen molar-refractivity contribution >= 4 is 28.5 Å². The Bertz CT molecular complexity index is 780. The second kappa shape index (κ2) is 8.00. The third-order valence-electron chi connectivity index (χ3n) is 4.84. The molecule has 0 saturated carbocycles. The molecule has 28 heavy (non-hydrogen) atoms. The van der Waals surface area contributed by atoms with Gasteiger partial charge in [0, 0.05) is 30.0 Å². The predicted molar refractivity (Wildman–Crippen MR) is 108 cm³/mol. The minimum atomic E-state index is -0.925. The highest BCUT2D eigenvalue weighted by molar-refractivity contribution is 8.14. The van der Waals surface area contributed by atoms with E-state index < -0.39 is 11.1 Å². The van der Waals surface area contributed by atoms with E-state index in [9.17, 15) is 9.18 Å². The lowest BCUT2D eigenvalue weighted by Crippen LogP contribution is -2.42. The molecule has 0 spiro atoms. The SMILES string of the molecule is COC[C@H]1OC[C@]2(c3cc(N)ccc3F)N=C(CC(=O)OC(C)(C)C)SC[C@H]12. The molecule has 8 heteroatoms. The molecule has 1 aromatic rings. The Hall–Kier alpha value is -1.64. The van der Waals surface area contributed by atoms with E-state index in [-0.39, 0.29) is 36.8 Å². The van der Waals surface area contributed by atoms with Gasteiger partial charge in [-0.15, -0.1) is 11.8 Å². The fourth-order valence-corrected chi connectivity index (χ4v) is 5.01. The maximum atomic E-state index is 14.8. The Morgan fingerprint density at radius 1 is 1.46 bits per heavy atom. The maximum absolute atomic E-state index is 14.8. The van der Waals surface area contributed by atoms with Crippen LogP contribution in [0.5, 0.6) is 0 Å². The van der Waals surface area contributed by atoms with Gasteiger partial charge in [0.15, 0.2) is 0 Å². The Morgan fingerprint density at radius 2 is 2.21 bits per heavy atom. The zero-order chi connectivity index (χ0) is 20.5. The van der Waals surface area contributed by atoms with E-state index >= 15 is 0 Å². The van der Waals surface area contributed by atoms with Crippen LogP contribution in [0.25, 0.3) is 0 Å². The second-order valence-corrected chi connectivity index (χ2v) is 9.25. The average Bonchev–Trinajstić information content (AvgIpc) is 2.94. The topological polar surface area (TPSA) is 83.1 Å². The molecular weight excluding hydrogens is 383 g/mol. The van der Waals surface area contributed by atoms with Crippen molar-refractivity contribution in [1.82, 2.24) is 0 Å². The van der Waals surface area contributed by atoms with Gasteiger partial charge in [-0.2, -0.15) is 0 Å². The predicted octanol–water partition coefficient (Wildman–Crippen LogP) is 3.14. The van der Waals surface area contributed by atoms with Gasteiger partial charge in [-0.3, -0.25) is 9.79 Å². The van der Waals surface area contributed by atoms with Crippen LogP contribution in [-0.4, -0.2) is 48.8 Å². The standard InChI is InChI=1S/C20H27FN2O4S/c1-19(2,3)27-18(24)8-17-23-20(13-7-12(22)5-6-15(13)21)11-26-16(9-25-4)14(20)10-28-17/h5-7,14,16H,8-11,22H2,1-4H3/t14-,16-,20-/m1/s1. The number of hydrogen-bond acceptors (Lipinski definition) is 7. The number of halogens is 1. The summed E-state index contributed by atoms with van der Waals surface area (Å²) in [5.74, 6) is -0.179. The van der Waals surface area contributed by atoms with Gasteiger partial charge in [-0.1, -0.05) is 0 Å². The molecule has 2 aliphatic heterocycles. The van der Waals surface area contributed by atoms with Crippen molar-refractivity contribution in [1.29, 1.82) is 0 Å². The van der Waals surface area contributed by atoms with Crippen LogP contribution in [0.2, 0.25) is 0 Å². The van der Waals surface area contributed by atoms with E-state index in [0.29, 0.717) is 28.7 Å². The summed E-state index contributed by atoms with van der Waals surface area (Å²) in [5.41, 5.74) is 5.30. The monoisotopic (exact) mass is 410 g/mol. The minimum absolute atomic E-state index is 0.0509. The Kier molecular flexibility index (Phi) is 6.03. The Morgan fingerprint density at radius 3 is 2.89 bits per heavy atom. The van der Waals surface area contributed by atoms with Gasteiger partial charge in [0.1, 0.15) is 17.0 Å². The third kappa shape index (κ3) is 4.34. The number of fused-ring (bicyclic) bond motifs is 1. The molecule has 3 rings (SSSR count). The molecule has 2 aliphatic rings. The molecular formula is C20H27FN2O4S. The molecule has 0 bridgehead atoms. The Labute approximate surface area is 169 Å². The fourth-order valence-electron chi connectivity index (χ4n) is 3.70. The lowest BCUT2D eigenvalue weighted by molar-refractivity contribution is -0.153. The van der Waals surface area contributed by atoms with Crippen LogP contribution in [0, 0.1) is 11.7 Å². The normalized spacial score (nSPS) is 27.2. The van der Waals surface area contributed by atoms with E-state index in [2.05, 4.69) is 0 Å². The van der Waals surface area contributed by atoms with Crippen molar-refractivity contribution in [2.45, 2.75) is 44.4 Å². The van der Waals surface area contributed by atoms with Crippen LogP contribution < -0.4 is 5.73 Å². The summed E-state index contributed by atoms with van der Waals surface area (Å²) in [4.78, 5) is 17.1.